The van der Waals surface area contributed by atoms with Gasteiger partial charge < -0.3 is 14.4 Å². The monoisotopic (exact) mass is 497 g/mol. The van der Waals surface area contributed by atoms with Crippen molar-refractivity contribution >= 4 is 11.9 Å². The summed E-state index contributed by atoms with van der Waals surface area (Å²) in [5.74, 6) is 4.34. The Balaban J connectivity index is 1.16. The Morgan fingerprint density at radius 2 is 1.67 bits per heavy atom. The van der Waals surface area contributed by atoms with Gasteiger partial charge in [0.15, 0.2) is 0 Å². The predicted octanol–water partition coefficient (Wildman–Crippen LogP) is 5.61. The van der Waals surface area contributed by atoms with Crippen molar-refractivity contribution in [3.8, 4) is 0 Å². The Morgan fingerprint density at radius 1 is 0.861 bits per heavy atom. The lowest BCUT2D eigenvalue weighted by Crippen LogP contribution is -2.47. The topological polar surface area (TPSA) is 55.8 Å². The van der Waals surface area contributed by atoms with Gasteiger partial charge in [0, 0.05) is 19.6 Å². The number of ether oxygens (including phenoxy) is 2. The lowest BCUT2D eigenvalue weighted by molar-refractivity contribution is -0.156. The van der Waals surface area contributed by atoms with E-state index in [1.807, 2.05) is 0 Å². The van der Waals surface area contributed by atoms with Crippen molar-refractivity contribution in [3.05, 3.63) is 0 Å². The van der Waals surface area contributed by atoms with E-state index in [0.29, 0.717) is 41.1 Å². The molecule has 1 saturated heterocycles. The van der Waals surface area contributed by atoms with Crippen LogP contribution in [0.15, 0.2) is 0 Å². The van der Waals surface area contributed by atoms with Crippen LogP contribution in [0.1, 0.15) is 96.3 Å². The van der Waals surface area contributed by atoms with E-state index in [-0.39, 0.29) is 23.3 Å². The number of methoxy groups -OCH3 is 2. The van der Waals surface area contributed by atoms with Crippen molar-refractivity contribution < 1.29 is 19.1 Å². The third kappa shape index (κ3) is 3.29. The zero-order chi connectivity index (χ0) is 24.7. The van der Waals surface area contributed by atoms with E-state index in [1.165, 1.54) is 57.8 Å². The molecule has 0 spiro atoms. The molecule has 10 unspecified atom stereocenters. The first-order chi connectivity index (χ1) is 17.4. The van der Waals surface area contributed by atoms with Crippen molar-refractivity contribution in [1.82, 2.24) is 4.90 Å². The summed E-state index contributed by atoms with van der Waals surface area (Å²) in [7, 11) is 3.39. The summed E-state index contributed by atoms with van der Waals surface area (Å²) in [5.41, 5.74) is 0.551. The van der Waals surface area contributed by atoms with Gasteiger partial charge in [0.25, 0.3) is 0 Å². The molecular formula is C31H47NO4. The van der Waals surface area contributed by atoms with E-state index >= 15 is 0 Å². The quantitative estimate of drug-likeness (QED) is 0.464. The number of rotatable bonds is 5. The fourth-order valence-electron chi connectivity index (χ4n) is 12.2. The highest BCUT2D eigenvalue weighted by Crippen LogP contribution is 2.78. The summed E-state index contributed by atoms with van der Waals surface area (Å²) in [6, 6.07) is 0.288. The lowest BCUT2D eigenvalue weighted by atomic mass is 9.50. The van der Waals surface area contributed by atoms with E-state index in [9.17, 15) is 9.59 Å². The molecule has 7 aliphatic rings. The van der Waals surface area contributed by atoms with E-state index < -0.39 is 0 Å². The molecule has 7 rings (SSSR count). The SMILES string of the molecule is COCC1CCCN1C(=O)C1CC2CC3CC(C45CC6CCCC(C(=O)OC)(C4)C(C6)C5)(C2)CC3C1. The average Bonchev–Trinajstić information content (AvgIpc) is 3.44. The van der Waals surface area contributed by atoms with Crippen molar-refractivity contribution in [1.29, 1.82) is 0 Å². The smallest absolute Gasteiger partial charge is 0.312 e. The Bertz CT molecular complexity index is 916. The molecule has 1 heterocycles. The van der Waals surface area contributed by atoms with Crippen LogP contribution in [-0.4, -0.2) is 50.2 Å². The highest BCUT2D eigenvalue weighted by Gasteiger charge is 2.71. The number of hydrogen-bond donors (Lipinski definition) is 0. The number of nitrogens with zero attached hydrogens (tertiary/aromatic N) is 1. The van der Waals surface area contributed by atoms with Crippen LogP contribution in [0.2, 0.25) is 0 Å². The maximum Gasteiger partial charge on any atom is 0.312 e. The van der Waals surface area contributed by atoms with Crippen molar-refractivity contribution in [2.24, 2.45) is 51.8 Å². The van der Waals surface area contributed by atoms with Gasteiger partial charge in [-0.1, -0.05) is 12.8 Å². The highest BCUT2D eigenvalue weighted by molar-refractivity contribution is 5.80. The number of carbonyl (C=O) groups is 2. The molecule has 36 heavy (non-hydrogen) atoms. The van der Waals surface area contributed by atoms with Crippen LogP contribution in [0.5, 0.6) is 0 Å². The van der Waals surface area contributed by atoms with E-state index in [0.717, 1.165) is 56.9 Å². The number of hydrogen-bond acceptors (Lipinski definition) is 4. The van der Waals surface area contributed by atoms with Crippen molar-refractivity contribution in [2.75, 3.05) is 27.4 Å². The molecule has 0 aromatic rings. The molecular weight excluding hydrogens is 450 g/mol. The largest absolute Gasteiger partial charge is 0.469 e. The fourth-order valence-corrected chi connectivity index (χ4v) is 12.2. The molecule has 0 aromatic carbocycles. The molecule has 0 aromatic heterocycles. The van der Waals surface area contributed by atoms with Gasteiger partial charge in [-0.15, -0.1) is 0 Å². The molecule has 5 heteroatoms. The Labute approximate surface area is 217 Å². The van der Waals surface area contributed by atoms with E-state index in [2.05, 4.69) is 4.90 Å². The van der Waals surface area contributed by atoms with Crippen LogP contribution in [-0.2, 0) is 19.1 Å². The highest BCUT2D eigenvalue weighted by atomic mass is 16.5. The first-order valence-electron chi connectivity index (χ1n) is 15.3. The summed E-state index contributed by atoms with van der Waals surface area (Å²) in [6.07, 6.45) is 18.4. The minimum absolute atomic E-state index is 0.112. The van der Waals surface area contributed by atoms with Crippen molar-refractivity contribution in [3.63, 3.8) is 0 Å². The lowest BCUT2D eigenvalue weighted by Gasteiger charge is -2.55. The first-order valence-corrected chi connectivity index (χ1v) is 15.3. The van der Waals surface area contributed by atoms with Crippen LogP contribution in [0, 0.1) is 51.8 Å². The molecule has 0 radical (unpaired) electrons. The standard InChI is InChI=1S/C31H47NO4/c1-35-18-26-6-4-8-32(26)27(33)22-9-21-10-23-15-29(14-21,16-24(23)12-22)30-13-20-5-3-7-31(19-30,28(34)36-2)25(11-20)17-30/h20-26H,3-19H2,1-2H3. The molecule has 1 amide bonds. The second-order valence-electron chi connectivity index (χ2n) is 14.7. The second-order valence-corrected chi connectivity index (χ2v) is 14.7. The minimum Gasteiger partial charge on any atom is -0.469 e. The van der Waals surface area contributed by atoms with Gasteiger partial charge >= 0.3 is 5.97 Å². The Morgan fingerprint density at radius 3 is 2.47 bits per heavy atom. The van der Waals surface area contributed by atoms with Crippen LogP contribution >= 0.6 is 0 Å². The van der Waals surface area contributed by atoms with Gasteiger partial charge in [-0.05, 0) is 124 Å². The zero-order valence-corrected chi connectivity index (χ0v) is 22.6. The molecule has 5 nitrogen and oxygen atoms in total. The number of esters is 1. The molecule has 200 valence electrons. The normalized spacial score (nSPS) is 50.8. The molecule has 0 N–H and O–H groups in total. The third-order valence-corrected chi connectivity index (χ3v) is 13.2. The summed E-state index contributed by atoms with van der Waals surface area (Å²) in [5, 5.41) is 0. The summed E-state index contributed by atoms with van der Waals surface area (Å²) in [6.45, 7) is 1.61. The first kappa shape index (κ1) is 24.0. The molecule has 6 saturated carbocycles. The van der Waals surface area contributed by atoms with E-state index in [1.54, 1.807) is 14.2 Å². The Hall–Kier alpha value is -1.10. The summed E-state index contributed by atoms with van der Waals surface area (Å²) in [4.78, 5) is 29.3. The number of likely N-dealkylation sites (tertiary alicyclic amines) is 1. The van der Waals surface area contributed by atoms with Gasteiger partial charge in [-0.25, -0.2) is 0 Å². The van der Waals surface area contributed by atoms with Crippen LogP contribution < -0.4 is 0 Å². The van der Waals surface area contributed by atoms with Gasteiger partial charge in [0.05, 0.1) is 25.2 Å². The second kappa shape index (κ2) is 8.45. The maximum atomic E-state index is 13.8. The van der Waals surface area contributed by atoms with Gasteiger partial charge in [0.2, 0.25) is 5.91 Å². The van der Waals surface area contributed by atoms with Gasteiger partial charge in [-0.2, -0.15) is 0 Å². The van der Waals surface area contributed by atoms with Crippen LogP contribution in [0.4, 0.5) is 0 Å². The molecule has 10 atom stereocenters. The average molecular weight is 498 g/mol. The number of amides is 1. The maximum absolute atomic E-state index is 13.8. The van der Waals surface area contributed by atoms with Crippen LogP contribution in [0.25, 0.3) is 0 Å². The minimum atomic E-state index is -0.204. The fraction of sp³-hybridized carbons (Fsp3) is 0.935. The predicted molar refractivity (Wildman–Crippen MR) is 137 cm³/mol. The summed E-state index contributed by atoms with van der Waals surface area (Å²) >= 11 is 0. The zero-order valence-electron chi connectivity index (χ0n) is 22.6. The number of carbonyl (C=O) groups excluding carboxylic acids is 2. The third-order valence-electron chi connectivity index (χ3n) is 13.2. The van der Waals surface area contributed by atoms with Crippen molar-refractivity contribution in [2.45, 2.75) is 102 Å². The molecule has 7 fully saturated rings. The molecule has 6 bridgehead atoms. The number of fused-ring (bicyclic) bond motifs is 5. The van der Waals surface area contributed by atoms with Gasteiger partial charge in [0.1, 0.15) is 0 Å². The Kier molecular flexibility index (Phi) is 5.63. The van der Waals surface area contributed by atoms with E-state index in [4.69, 9.17) is 9.47 Å². The molecule has 1 aliphatic heterocycles. The molecule has 6 aliphatic carbocycles. The summed E-state index contributed by atoms with van der Waals surface area (Å²) < 4.78 is 11.0. The van der Waals surface area contributed by atoms with Gasteiger partial charge in [-0.3, -0.25) is 9.59 Å². The van der Waals surface area contributed by atoms with Crippen LogP contribution in [0.3, 0.4) is 0 Å².